The summed E-state index contributed by atoms with van der Waals surface area (Å²) in [5.74, 6) is -0.755. The fourth-order valence-electron chi connectivity index (χ4n) is 1.86. The molecule has 1 atom stereocenters. The van der Waals surface area contributed by atoms with E-state index in [1.807, 2.05) is 18.2 Å². The van der Waals surface area contributed by atoms with E-state index in [1.54, 1.807) is 19.1 Å². The predicted octanol–water partition coefficient (Wildman–Crippen LogP) is 3.10. The van der Waals surface area contributed by atoms with Crippen LogP contribution < -0.4 is 10.5 Å². The topological polar surface area (TPSA) is 72.2 Å². The van der Waals surface area contributed by atoms with E-state index >= 15 is 0 Å². The highest BCUT2D eigenvalue weighted by Crippen LogP contribution is 2.27. The molecule has 0 bridgehead atoms. The van der Waals surface area contributed by atoms with Crippen LogP contribution in [-0.2, 0) is 10.0 Å². The third-order valence-electron chi connectivity index (χ3n) is 2.97. The molecule has 0 saturated carbocycles. The minimum atomic E-state index is -3.91. The van der Waals surface area contributed by atoms with Gasteiger partial charge >= 0.3 is 0 Å². The van der Waals surface area contributed by atoms with E-state index in [1.165, 1.54) is 0 Å². The van der Waals surface area contributed by atoms with E-state index in [-0.39, 0.29) is 15.6 Å². The van der Waals surface area contributed by atoms with Crippen molar-refractivity contribution in [3.63, 3.8) is 0 Å². The smallest absolute Gasteiger partial charge is 0.242 e. The molecule has 0 radical (unpaired) electrons. The summed E-state index contributed by atoms with van der Waals surface area (Å²) in [6, 6.07) is 10.5. The Labute approximate surface area is 127 Å². The third-order valence-corrected chi connectivity index (χ3v) is 4.98. The Morgan fingerprint density at radius 3 is 2.48 bits per heavy atom. The molecular weight excluding hydrogens is 315 g/mol. The normalized spacial score (nSPS) is 13.1. The Balaban J connectivity index is 2.33. The van der Waals surface area contributed by atoms with Gasteiger partial charge in [0.15, 0.2) is 0 Å². The van der Waals surface area contributed by atoms with Gasteiger partial charge in [-0.2, -0.15) is 0 Å². The second kappa shape index (κ2) is 6.01. The Kier molecular flexibility index (Phi) is 4.51. The zero-order chi connectivity index (χ0) is 15.6. The van der Waals surface area contributed by atoms with Gasteiger partial charge in [-0.1, -0.05) is 41.9 Å². The quantitative estimate of drug-likeness (QED) is 0.847. The van der Waals surface area contributed by atoms with Gasteiger partial charge < -0.3 is 5.73 Å². The molecule has 2 rings (SSSR count). The molecule has 0 spiro atoms. The standard InChI is InChI=1S/C14H14ClFN2O2S/c1-9(10-5-3-2-4-6-10)18-21(19,20)14-8-13(17)12(16)7-11(14)15/h2-9,18H,17H2,1H3/t9-/m0/s1. The maximum atomic E-state index is 13.3. The number of anilines is 1. The molecule has 0 aliphatic heterocycles. The summed E-state index contributed by atoms with van der Waals surface area (Å²) in [4.78, 5) is -0.245. The predicted molar refractivity (Wildman–Crippen MR) is 81.0 cm³/mol. The summed E-state index contributed by atoms with van der Waals surface area (Å²) in [6.45, 7) is 1.70. The summed E-state index contributed by atoms with van der Waals surface area (Å²) in [5, 5.41) is -0.213. The largest absolute Gasteiger partial charge is 0.396 e. The fraction of sp³-hybridized carbons (Fsp3) is 0.143. The minimum Gasteiger partial charge on any atom is -0.396 e. The average molecular weight is 329 g/mol. The molecule has 0 unspecified atom stereocenters. The van der Waals surface area contributed by atoms with E-state index in [9.17, 15) is 12.8 Å². The van der Waals surface area contributed by atoms with E-state index in [0.717, 1.165) is 17.7 Å². The van der Waals surface area contributed by atoms with Crippen molar-refractivity contribution in [1.29, 1.82) is 0 Å². The van der Waals surface area contributed by atoms with E-state index in [2.05, 4.69) is 4.72 Å². The zero-order valence-corrected chi connectivity index (χ0v) is 12.7. The SMILES string of the molecule is C[C@H](NS(=O)(=O)c1cc(N)c(F)cc1Cl)c1ccccc1. The van der Waals surface area contributed by atoms with Gasteiger partial charge in [-0.15, -0.1) is 0 Å². The third kappa shape index (κ3) is 3.53. The van der Waals surface area contributed by atoms with Gasteiger partial charge in [0.2, 0.25) is 10.0 Å². The molecule has 0 aromatic heterocycles. The van der Waals surface area contributed by atoms with Gasteiger partial charge in [0.25, 0.3) is 0 Å². The molecule has 0 saturated heterocycles. The van der Waals surface area contributed by atoms with Gasteiger partial charge in [0.05, 0.1) is 10.7 Å². The van der Waals surface area contributed by atoms with E-state index in [4.69, 9.17) is 17.3 Å². The molecule has 0 amide bonds. The Bertz CT molecular complexity index is 751. The Morgan fingerprint density at radius 2 is 1.86 bits per heavy atom. The summed E-state index contributed by atoms with van der Waals surface area (Å²) in [7, 11) is -3.91. The first-order valence-electron chi connectivity index (χ1n) is 6.13. The Morgan fingerprint density at radius 1 is 1.24 bits per heavy atom. The van der Waals surface area contributed by atoms with Crippen molar-refractivity contribution >= 4 is 27.3 Å². The van der Waals surface area contributed by atoms with Crippen LogP contribution in [0.2, 0.25) is 5.02 Å². The number of hydrogen-bond acceptors (Lipinski definition) is 3. The van der Waals surface area contributed by atoms with Crippen LogP contribution in [0.4, 0.5) is 10.1 Å². The number of hydrogen-bond donors (Lipinski definition) is 2. The number of benzene rings is 2. The van der Waals surface area contributed by atoms with Crippen molar-refractivity contribution < 1.29 is 12.8 Å². The van der Waals surface area contributed by atoms with Gasteiger partial charge in [0.1, 0.15) is 10.7 Å². The zero-order valence-electron chi connectivity index (χ0n) is 11.2. The molecule has 0 aliphatic rings. The summed E-state index contributed by atoms with van der Waals surface area (Å²) in [5.41, 5.74) is 5.93. The lowest BCUT2D eigenvalue weighted by Gasteiger charge is -2.15. The number of nitrogens with one attached hydrogen (secondary N) is 1. The number of halogens is 2. The number of rotatable bonds is 4. The van der Waals surface area contributed by atoms with Crippen LogP contribution in [0, 0.1) is 5.82 Å². The molecule has 4 nitrogen and oxygen atoms in total. The lowest BCUT2D eigenvalue weighted by atomic mass is 10.1. The maximum absolute atomic E-state index is 13.3. The summed E-state index contributed by atoms with van der Waals surface area (Å²) < 4.78 is 40.4. The maximum Gasteiger partial charge on any atom is 0.242 e. The highest BCUT2D eigenvalue weighted by Gasteiger charge is 2.22. The fourth-order valence-corrected chi connectivity index (χ4v) is 3.64. The first-order valence-corrected chi connectivity index (χ1v) is 7.99. The molecule has 7 heteroatoms. The van der Waals surface area contributed by atoms with Crippen molar-refractivity contribution in [1.82, 2.24) is 4.72 Å². The first kappa shape index (κ1) is 15.8. The van der Waals surface area contributed by atoms with Crippen molar-refractivity contribution in [3.05, 3.63) is 58.9 Å². The second-order valence-corrected chi connectivity index (χ2v) is 6.65. The molecule has 112 valence electrons. The van der Waals surface area contributed by atoms with Crippen LogP contribution in [0.25, 0.3) is 0 Å². The highest BCUT2D eigenvalue weighted by molar-refractivity contribution is 7.89. The van der Waals surface area contributed by atoms with Crippen molar-refractivity contribution in [2.24, 2.45) is 0 Å². The molecular formula is C14H14ClFN2O2S. The van der Waals surface area contributed by atoms with Crippen LogP contribution >= 0.6 is 11.6 Å². The molecule has 2 aromatic carbocycles. The van der Waals surface area contributed by atoms with Crippen LogP contribution in [0.15, 0.2) is 47.4 Å². The van der Waals surface area contributed by atoms with E-state index < -0.39 is 21.9 Å². The number of nitrogens with two attached hydrogens (primary N) is 1. The lowest BCUT2D eigenvalue weighted by Crippen LogP contribution is -2.27. The average Bonchev–Trinajstić information content (AvgIpc) is 2.43. The van der Waals surface area contributed by atoms with Gasteiger partial charge in [-0.3, -0.25) is 0 Å². The van der Waals surface area contributed by atoms with Crippen LogP contribution in [0.1, 0.15) is 18.5 Å². The molecule has 0 aliphatic carbocycles. The molecule has 3 N–H and O–H groups in total. The van der Waals surface area contributed by atoms with Crippen LogP contribution in [-0.4, -0.2) is 8.42 Å². The van der Waals surface area contributed by atoms with E-state index in [0.29, 0.717) is 0 Å². The van der Waals surface area contributed by atoms with Crippen LogP contribution in [0.3, 0.4) is 0 Å². The van der Waals surface area contributed by atoms with Crippen molar-refractivity contribution in [2.45, 2.75) is 17.9 Å². The Hall–Kier alpha value is -1.63. The number of nitrogen functional groups attached to an aromatic ring is 1. The van der Waals surface area contributed by atoms with Gasteiger partial charge in [-0.25, -0.2) is 17.5 Å². The van der Waals surface area contributed by atoms with Gasteiger partial charge in [-0.05, 0) is 24.6 Å². The molecule has 0 heterocycles. The van der Waals surface area contributed by atoms with Crippen molar-refractivity contribution in [3.8, 4) is 0 Å². The molecule has 21 heavy (non-hydrogen) atoms. The summed E-state index contributed by atoms with van der Waals surface area (Å²) >= 11 is 5.80. The molecule has 0 fully saturated rings. The lowest BCUT2D eigenvalue weighted by molar-refractivity contribution is 0.566. The van der Waals surface area contributed by atoms with Crippen molar-refractivity contribution in [2.75, 3.05) is 5.73 Å². The van der Waals surface area contributed by atoms with Crippen LogP contribution in [0.5, 0.6) is 0 Å². The summed E-state index contributed by atoms with van der Waals surface area (Å²) in [6.07, 6.45) is 0. The molecule has 2 aromatic rings. The number of sulfonamides is 1. The second-order valence-electron chi connectivity index (χ2n) is 4.56. The van der Waals surface area contributed by atoms with Gasteiger partial charge in [0, 0.05) is 6.04 Å². The first-order chi connectivity index (χ1) is 9.81. The monoisotopic (exact) mass is 328 g/mol. The minimum absolute atomic E-state index is 0.213. The highest BCUT2D eigenvalue weighted by atomic mass is 35.5.